The summed E-state index contributed by atoms with van der Waals surface area (Å²) < 4.78 is 22.3. The first-order valence-corrected chi connectivity index (χ1v) is 7.60. The molecule has 3 nitrogen and oxygen atoms in total. The molecule has 0 aliphatic carbocycles. The van der Waals surface area contributed by atoms with Gasteiger partial charge in [0.25, 0.3) is 0 Å². The normalized spacial score (nSPS) is 21.2. The summed E-state index contributed by atoms with van der Waals surface area (Å²) in [5, 5.41) is 3.42. The molecule has 0 bridgehead atoms. The summed E-state index contributed by atoms with van der Waals surface area (Å²) in [4.78, 5) is 0. The largest absolute Gasteiger partial charge is 0.310 e. The molecule has 88 valence electrons. The van der Waals surface area contributed by atoms with Gasteiger partial charge in [-0.15, -0.1) is 0 Å². The zero-order valence-corrected chi connectivity index (χ0v) is 10.3. The Bertz CT molecular complexity index is 444. The lowest BCUT2D eigenvalue weighted by Crippen LogP contribution is -2.12. The zero-order chi connectivity index (χ0) is 11.6. The third kappa shape index (κ3) is 3.06. The Morgan fingerprint density at radius 2 is 2.00 bits per heavy atom. The van der Waals surface area contributed by atoms with Gasteiger partial charge in [-0.05, 0) is 30.5 Å². The summed E-state index contributed by atoms with van der Waals surface area (Å²) in [5.74, 6) is 0.130. The highest BCUT2D eigenvalue weighted by molar-refractivity contribution is 7.89. The van der Waals surface area contributed by atoms with Crippen LogP contribution < -0.4 is 5.32 Å². The molecular formula is C12H17NO2S. The molecule has 4 heteroatoms. The van der Waals surface area contributed by atoms with Crippen LogP contribution >= 0.6 is 0 Å². The second-order valence-electron chi connectivity index (χ2n) is 4.46. The standard InChI is InChI=1S/C12H17NO2S/c1-16(14,15)9-10-4-6-11(7-5-10)12-3-2-8-13-12/h4-7,12-13H,2-3,8-9H2,1H3. The first-order valence-electron chi connectivity index (χ1n) is 5.54. The lowest BCUT2D eigenvalue weighted by Gasteiger charge is -2.10. The van der Waals surface area contributed by atoms with E-state index in [4.69, 9.17) is 0 Å². The Morgan fingerprint density at radius 3 is 2.50 bits per heavy atom. The zero-order valence-electron chi connectivity index (χ0n) is 9.44. The van der Waals surface area contributed by atoms with E-state index in [1.165, 1.54) is 24.7 Å². The maximum absolute atomic E-state index is 11.1. The van der Waals surface area contributed by atoms with E-state index >= 15 is 0 Å². The van der Waals surface area contributed by atoms with Crippen LogP contribution in [0, 0.1) is 0 Å². The Hall–Kier alpha value is -0.870. The highest BCUT2D eigenvalue weighted by Gasteiger charge is 2.15. The summed E-state index contributed by atoms with van der Waals surface area (Å²) >= 11 is 0. The van der Waals surface area contributed by atoms with Gasteiger partial charge in [-0.1, -0.05) is 24.3 Å². The van der Waals surface area contributed by atoms with Gasteiger partial charge in [-0.2, -0.15) is 0 Å². The number of sulfone groups is 1. The van der Waals surface area contributed by atoms with Crippen molar-refractivity contribution in [3.63, 3.8) is 0 Å². The van der Waals surface area contributed by atoms with E-state index in [0.29, 0.717) is 6.04 Å². The molecule has 1 aromatic carbocycles. The predicted molar refractivity (Wildman–Crippen MR) is 65.0 cm³/mol. The van der Waals surface area contributed by atoms with E-state index < -0.39 is 9.84 Å². The van der Waals surface area contributed by atoms with Crippen LogP contribution in [0.1, 0.15) is 30.0 Å². The quantitative estimate of drug-likeness (QED) is 0.872. The maximum Gasteiger partial charge on any atom is 0.151 e. The average Bonchev–Trinajstić information content (AvgIpc) is 2.69. The van der Waals surface area contributed by atoms with Crippen molar-refractivity contribution in [1.82, 2.24) is 5.32 Å². The van der Waals surface area contributed by atoms with E-state index in [9.17, 15) is 8.42 Å². The Balaban J connectivity index is 2.10. The van der Waals surface area contributed by atoms with Crippen molar-refractivity contribution >= 4 is 9.84 Å². The van der Waals surface area contributed by atoms with Crippen LogP contribution in [0.5, 0.6) is 0 Å². The fourth-order valence-electron chi connectivity index (χ4n) is 2.12. The van der Waals surface area contributed by atoms with Crippen molar-refractivity contribution in [2.24, 2.45) is 0 Å². The number of benzene rings is 1. The molecule has 1 saturated heterocycles. The second kappa shape index (κ2) is 4.55. The minimum Gasteiger partial charge on any atom is -0.310 e. The van der Waals surface area contributed by atoms with Crippen LogP contribution in [0.2, 0.25) is 0 Å². The third-order valence-electron chi connectivity index (χ3n) is 2.87. The fourth-order valence-corrected chi connectivity index (χ4v) is 2.92. The van der Waals surface area contributed by atoms with E-state index in [2.05, 4.69) is 5.32 Å². The van der Waals surface area contributed by atoms with Gasteiger partial charge in [0.05, 0.1) is 5.75 Å². The summed E-state index contributed by atoms with van der Waals surface area (Å²) in [6.07, 6.45) is 3.65. The van der Waals surface area contributed by atoms with E-state index in [1.807, 2.05) is 24.3 Å². The molecule has 0 amide bonds. The van der Waals surface area contributed by atoms with Gasteiger partial charge in [0.1, 0.15) is 0 Å². The van der Waals surface area contributed by atoms with E-state index in [1.54, 1.807) is 0 Å². The van der Waals surface area contributed by atoms with Crippen LogP contribution in [0.15, 0.2) is 24.3 Å². The molecule has 1 fully saturated rings. The van der Waals surface area contributed by atoms with Crippen molar-refractivity contribution in [2.45, 2.75) is 24.6 Å². The summed E-state index contributed by atoms with van der Waals surface area (Å²) in [5.41, 5.74) is 2.12. The molecule has 1 aliphatic heterocycles. The monoisotopic (exact) mass is 239 g/mol. The topological polar surface area (TPSA) is 46.2 Å². The SMILES string of the molecule is CS(=O)(=O)Cc1ccc(C2CCCN2)cc1. The lowest BCUT2D eigenvalue weighted by molar-refractivity contribution is 0.601. The van der Waals surface area contributed by atoms with Gasteiger partial charge in [-0.25, -0.2) is 8.42 Å². The molecule has 16 heavy (non-hydrogen) atoms. The van der Waals surface area contributed by atoms with Crippen molar-refractivity contribution in [3.8, 4) is 0 Å². The first-order chi connectivity index (χ1) is 7.54. The van der Waals surface area contributed by atoms with Gasteiger partial charge in [0.15, 0.2) is 9.84 Å². The smallest absolute Gasteiger partial charge is 0.151 e. The Kier molecular flexibility index (Phi) is 3.30. The second-order valence-corrected chi connectivity index (χ2v) is 6.60. The minimum atomic E-state index is -2.92. The summed E-state index contributed by atoms with van der Waals surface area (Å²) in [6.45, 7) is 1.08. The molecule has 1 aliphatic rings. The molecule has 0 spiro atoms. The van der Waals surface area contributed by atoms with Crippen molar-refractivity contribution in [2.75, 3.05) is 12.8 Å². The van der Waals surface area contributed by atoms with Crippen molar-refractivity contribution in [3.05, 3.63) is 35.4 Å². The van der Waals surface area contributed by atoms with Crippen LogP contribution in [-0.4, -0.2) is 21.2 Å². The Labute approximate surface area is 96.8 Å². The van der Waals surface area contributed by atoms with Gasteiger partial charge in [-0.3, -0.25) is 0 Å². The molecule has 1 aromatic rings. The fraction of sp³-hybridized carbons (Fsp3) is 0.500. The van der Waals surface area contributed by atoms with Crippen molar-refractivity contribution < 1.29 is 8.42 Å². The van der Waals surface area contributed by atoms with Gasteiger partial charge in [0.2, 0.25) is 0 Å². The number of hydrogen-bond acceptors (Lipinski definition) is 3. The van der Waals surface area contributed by atoms with Crippen LogP contribution in [-0.2, 0) is 15.6 Å². The number of hydrogen-bond donors (Lipinski definition) is 1. The minimum absolute atomic E-state index is 0.130. The van der Waals surface area contributed by atoms with Gasteiger partial charge >= 0.3 is 0 Å². The summed E-state index contributed by atoms with van der Waals surface area (Å²) in [6, 6.07) is 8.34. The molecule has 1 N–H and O–H groups in total. The molecule has 1 atom stereocenters. The van der Waals surface area contributed by atoms with Crippen molar-refractivity contribution in [1.29, 1.82) is 0 Å². The average molecular weight is 239 g/mol. The first kappa shape index (κ1) is 11.6. The molecule has 0 radical (unpaired) electrons. The maximum atomic E-state index is 11.1. The number of rotatable bonds is 3. The highest BCUT2D eigenvalue weighted by atomic mass is 32.2. The van der Waals surface area contributed by atoms with E-state index in [-0.39, 0.29) is 5.75 Å². The third-order valence-corrected chi connectivity index (χ3v) is 3.73. The molecule has 0 saturated carbocycles. The Morgan fingerprint density at radius 1 is 1.31 bits per heavy atom. The van der Waals surface area contributed by atoms with Crippen LogP contribution in [0.4, 0.5) is 0 Å². The summed E-state index contributed by atoms with van der Waals surface area (Å²) in [7, 11) is -2.92. The molecular weight excluding hydrogens is 222 g/mol. The van der Waals surface area contributed by atoms with Crippen LogP contribution in [0.25, 0.3) is 0 Å². The van der Waals surface area contributed by atoms with Gasteiger partial charge in [0, 0.05) is 12.3 Å². The van der Waals surface area contributed by atoms with Crippen LogP contribution in [0.3, 0.4) is 0 Å². The van der Waals surface area contributed by atoms with E-state index in [0.717, 1.165) is 12.1 Å². The number of nitrogens with one attached hydrogen (secondary N) is 1. The lowest BCUT2D eigenvalue weighted by atomic mass is 10.0. The highest BCUT2D eigenvalue weighted by Crippen LogP contribution is 2.23. The molecule has 2 rings (SSSR count). The molecule has 1 heterocycles. The molecule has 0 aromatic heterocycles. The van der Waals surface area contributed by atoms with Gasteiger partial charge < -0.3 is 5.32 Å². The molecule has 1 unspecified atom stereocenters. The predicted octanol–water partition coefficient (Wildman–Crippen LogP) is 1.66.